The van der Waals surface area contributed by atoms with Crippen molar-refractivity contribution in [3.63, 3.8) is 0 Å². The Bertz CT molecular complexity index is 246. The van der Waals surface area contributed by atoms with Crippen LogP contribution in [0.25, 0.3) is 0 Å². The molecule has 0 aromatic heterocycles. The van der Waals surface area contributed by atoms with Crippen molar-refractivity contribution in [3.8, 4) is 0 Å². The van der Waals surface area contributed by atoms with Crippen LogP contribution in [0.3, 0.4) is 0 Å². The zero-order valence-electron chi connectivity index (χ0n) is 9.54. The molecule has 0 amide bonds. The van der Waals surface area contributed by atoms with E-state index >= 15 is 0 Å². The van der Waals surface area contributed by atoms with Crippen molar-refractivity contribution in [1.29, 1.82) is 0 Å². The maximum absolute atomic E-state index is 11.0. The Morgan fingerprint density at radius 3 is 2.47 bits per heavy atom. The second kappa shape index (κ2) is 4.12. The van der Waals surface area contributed by atoms with Gasteiger partial charge in [-0.2, -0.15) is 0 Å². The number of carbonyl (C=O) groups is 1. The summed E-state index contributed by atoms with van der Waals surface area (Å²) in [5.74, 6) is -0.629. The molecule has 1 saturated carbocycles. The molecule has 3 nitrogen and oxygen atoms in total. The molecule has 1 heterocycles. The van der Waals surface area contributed by atoms with Crippen LogP contribution in [0.2, 0.25) is 0 Å². The molecule has 0 aromatic carbocycles. The Hall–Kier alpha value is -0.570. The number of likely N-dealkylation sites (tertiary alicyclic amines) is 1. The molecular weight excluding hydrogens is 190 g/mol. The van der Waals surface area contributed by atoms with Crippen LogP contribution in [-0.2, 0) is 4.79 Å². The first kappa shape index (κ1) is 10.9. The number of carboxylic acid groups (broad SMARTS) is 1. The van der Waals surface area contributed by atoms with Crippen LogP contribution in [0, 0.1) is 0 Å². The number of aliphatic carboxylic acids is 1. The summed E-state index contributed by atoms with van der Waals surface area (Å²) in [7, 11) is 0. The van der Waals surface area contributed by atoms with Crippen LogP contribution >= 0.6 is 0 Å². The predicted octanol–water partition coefficient (Wildman–Crippen LogP) is 2.26. The van der Waals surface area contributed by atoms with E-state index in [1.807, 2.05) is 0 Å². The molecule has 1 atom stereocenters. The van der Waals surface area contributed by atoms with Crippen LogP contribution in [0.4, 0.5) is 0 Å². The second-order valence-electron chi connectivity index (χ2n) is 5.19. The lowest BCUT2D eigenvalue weighted by Gasteiger charge is -2.54. The third kappa shape index (κ3) is 2.03. The molecule has 0 radical (unpaired) electrons. The molecule has 1 unspecified atom stereocenters. The van der Waals surface area contributed by atoms with Crippen LogP contribution in [-0.4, -0.2) is 34.1 Å². The monoisotopic (exact) mass is 211 g/mol. The van der Waals surface area contributed by atoms with Gasteiger partial charge in [0.2, 0.25) is 0 Å². The number of rotatable bonds is 3. The average Bonchev–Trinajstić information content (AvgIpc) is 2.15. The van der Waals surface area contributed by atoms with Gasteiger partial charge < -0.3 is 5.11 Å². The van der Waals surface area contributed by atoms with E-state index in [1.54, 1.807) is 0 Å². The minimum atomic E-state index is -0.629. The molecular formula is C12H21NO2. The van der Waals surface area contributed by atoms with Gasteiger partial charge in [-0.25, -0.2) is 0 Å². The lowest BCUT2D eigenvalue weighted by atomic mass is 9.75. The minimum absolute atomic E-state index is 0.00174. The first-order valence-electron chi connectivity index (χ1n) is 6.13. The lowest BCUT2D eigenvalue weighted by Crippen LogP contribution is -2.61. The summed E-state index contributed by atoms with van der Waals surface area (Å²) in [4.78, 5) is 13.4. The summed E-state index contributed by atoms with van der Waals surface area (Å²) in [5, 5.41) is 9.06. The lowest BCUT2D eigenvalue weighted by molar-refractivity contribution is -0.144. The van der Waals surface area contributed by atoms with Gasteiger partial charge in [0.05, 0.1) is 6.42 Å². The second-order valence-corrected chi connectivity index (χ2v) is 5.19. The summed E-state index contributed by atoms with van der Waals surface area (Å²) in [6.07, 6.45) is 7.45. The Labute approximate surface area is 91.5 Å². The fourth-order valence-electron chi connectivity index (χ4n) is 3.28. The van der Waals surface area contributed by atoms with Crippen molar-refractivity contribution in [2.75, 3.05) is 6.54 Å². The SMILES string of the molecule is CC1CCN1C1(CC(=O)O)CCCCC1. The highest BCUT2D eigenvalue weighted by atomic mass is 16.4. The van der Waals surface area contributed by atoms with E-state index in [0.29, 0.717) is 12.5 Å². The summed E-state index contributed by atoms with van der Waals surface area (Å²) in [5.41, 5.74) is 0.00174. The molecule has 2 aliphatic rings. The molecule has 1 N–H and O–H groups in total. The van der Waals surface area contributed by atoms with Crippen molar-refractivity contribution in [1.82, 2.24) is 4.90 Å². The highest BCUT2D eigenvalue weighted by Gasteiger charge is 2.44. The van der Waals surface area contributed by atoms with E-state index in [2.05, 4.69) is 11.8 Å². The first-order valence-corrected chi connectivity index (χ1v) is 6.13. The van der Waals surface area contributed by atoms with Crippen molar-refractivity contribution < 1.29 is 9.90 Å². The normalized spacial score (nSPS) is 30.9. The molecule has 15 heavy (non-hydrogen) atoms. The van der Waals surface area contributed by atoms with Gasteiger partial charge in [-0.3, -0.25) is 9.69 Å². The molecule has 0 spiro atoms. The molecule has 1 saturated heterocycles. The van der Waals surface area contributed by atoms with Crippen molar-refractivity contribution >= 4 is 5.97 Å². The van der Waals surface area contributed by atoms with Crippen LogP contribution in [0.5, 0.6) is 0 Å². The van der Waals surface area contributed by atoms with Crippen molar-refractivity contribution in [2.45, 2.75) is 63.5 Å². The Balaban J connectivity index is 2.09. The van der Waals surface area contributed by atoms with Gasteiger partial charge in [0, 0.05) is 18.1 Å². The molecule has 3 heteroatoms. The molecule has 1 aliphatic carbocycles. The van der Waals surface area contributed by atoms with Gasteiger partial charge in [0.1, 0.15) is 0 Å². The Morgan fingerprint density at radius 1 is 1.40 bits per heavy atom. The summed E-state index contributed by atoms with van der Waals surface area (Å²) >= 11 is 0. The van der Waals surface area contributed by atoms with Crippen molar-refractivity contribution in [3.05, 3.63) is 0 Å². The maximum Gasteiger partial charge on any atom is 0.305 e. The average molecular weight is 211 g/mol. The third-order valence-electron chi connectivity index (χ3n) is 4.19. The largest absolute Gasteiger partial charge is 0.481 e. The first-order chi connectivity index (χ1) is 7.14. The maximum atomic E-state index is 11.0. The van der Waals surface area contributed by atoms with Gasteiger partial charge >= 0.3 is 5.97 Å². The zero-order chi connectivity index (χ0) is 10.9. The summed E-state index contributed by atoms with van der Waals surface area (Å²) in [6.45, 7) is 3.33. The number of hydrogen-bond donors (Lipinski definition) is 1. The highest BCUT2D eigenvalue weighted by Crippen LogP contribution is 2.41. The smallest absolute Gasteiger partial charge is 0.305 e. The predicted molar refractivity (Wildman–Crippen MR) is 58.9 cm³/mol. The fraction of sp³-hybridized carbons (Fsp3) is 0.917. The van der Waals surface area contributed by atoms with Crippen LogP contribution < -0.4 is 0 Å². The molecule has 2 fully saturated rings. The number of nitrogens with zero attached hydrogens (tertiary/aromatic N) is 1. The van der Waals surface area contributed by atoms with E-state index in [-0.39, 0.29) is 5.54 Å². The van der Waals surface area contributed by atoms with Crippen LogP contribution in [0.15, 0.2) is 0 Å². The fourth-order valence-corrected chi connectivity index (χ4v) is 3.28. The van der Waals surface area contributed by atoms with Gasteiger partial charge in [-0.15, -0.1) is 0 Å². The van der Waals surface area contributed by atoms with Gasteiger partial charge in [-0.1, -0.05) is 19.3 Å². The molecule has 0 aromatic rings. The topological polar surface area (TPSA) is 40.5 Å². The van der Waals surface area contributed by atoms with Gasteiger partial charge in [-0.05, 0) is 26.2 Å². The Morgan fingerprint density at radius 2 is 2.07 bits per heavy atom. The number of carboxylic acids is 1. The van der Waals surface area contributed by atoms with Gasteiger partial charge in [0.25, 0.3) is 0 Å². The van der Waals surface area contributed by atoms with Crippen LogP contribution in [0.1, 0.15) is 51.9 Å². The summed E-state index contributed by atoms with van der Waals surface area (Å²) < 4.78 is 0. The quantitative estimate of drug-likeness (QED) is 0.778. The van der Waals surface area contributed by atoms with E-state index in [9.17, 15) is 4.79 Å². The van der Waals surface area contributed by atoms with E-state index < -0.39 is 5.97 Å². The molecule has 86 valence electrons. The van der Waals surface area contributed by atoms with E-state index in [1.165, 1.54) is 25.7 Å². The highest BCUT2D eigenvalue weighted by molar-refractivity contribution is 5.68. The number of hydrogen-bond acceptors (Lipinski definition) is 2. The van der Waals surface area contributed by atoms with Crippen molar-refractivity contribution in [2.24, 2.45) is 0 Å². The zero-order valence-corrected chi connectivity index (χ0v) is 9.54. The third-order valence-corrected chi connectivity index (χ3v) is 4.19. The standard InChI is InChI=1S/C12H21NO2/c1-10-5-8-13(10)12(9-11(14)15)6-3-2-4-7-12/h10H,2-9H2,1H3,(H,14,15). The minimum Gasteiger partial charge on any atom is -0.481 e. The van der Waals surface area contributed by atoms with E-state index in [0.717, 1.165) is 19.4 Å². The molecule has 2 rings (SSSR count). The molecule has 0 bridgehead atoms. The summed E-state index contributed by atoms with van der Waals surface area (Å²) in [6, 6.07) is 0.599. The van der Waals surface area contributed by atoms with E-state index in [4.69, 9.17) is 5.11 Å². The Kier molecular flexibility index (Phi) is 3.01. The van der Waals surface area contributed by atoms with Gasteiger partial charge in [0.15, 0.2) is 0 Å². The molecule has 1 aliphatic heterocycles.